The molecule has 1 heterocycles. The number of hydrogen-bond donors (Lipinski definition) is 7. The highest BCUT2D eigenvalue weighted by molar-refractivity contribution is 6.08. The number of allylic oxidation sites excluding steroid dienone is 1. The average molecular weight is 974 g/mol. The molecule has 67 heavy (non-hydrogen) atoms. The first-order valence-electron chi connectivity index (χ1n) is 19.7. The molecule has 0 aliphatic carbocycles. The van der Waals surface area contributed by atoms with Crippen LogP contribution in [0.2, 0.25) is 0 Å². The highest BCUT2D eigenvalue weighted by Gasteiger charge is 2.57. The second kappa shape index (κ2) is 22.1. The maximum absolute atomic E-state index is 15.8. The van der Waals surface area contributed by atoms with Crippen LogP contribution in [-0.4, -0.2) is 99.4 Å². The number of aliphatic hydroxyl groups is 1. The van der Waals surface area contributed by atoms with Gasteiger partial charge in [-0.3, -0.25) is 24.6 Å². The van der Waals surface area contributed by atoms with E-state index in [9.17, 15) is 68.2 Å². The predicted molar refractivity (Wildman–Crippen MR) is 216 cm³/mol. The molecular formula is C41H47F12N9O5. The summed E-state index contributed by atoms with van der Waals surface area (Å²) in [5.74, 6) is -8.40. The predicted octanol–water partition coefficient (Wildman–Crippen LogP) is 6.13. The standard InChI is InChI=1S/C41H47F12N9O5/c1-20(63)57-32(38(3,4)40(48,49)50)34(66)59-30(11-22-7-9-23(10-8-22)26-16-56-62(17-26)37(46)47)31(65)19-61(60-35(67)33(58-21(2)64)39(5,6)41(51,52)53)18-27-28(42)12-24(13-29(27)43)25(14-54)15-55-36(44)45/h7-10,12-17,30-33,36-37,54-55,65H,11,18-19H2,1-6H3,(H,57,63)(H,58,64)(H,59,66)(H,60,67)/b25-15+,54-14?/t30-,31-,32?,33+/m0/s1. The van der Waals surface area contributed by atoms with E-state index < -0.39 is 132 Å². The molecule has 7 N–H and O–H groups in total. The normalized spacial score (nSPS) is 14.6. The summed E-state index contributed by atoms with van der Waals surface area (Å²) in [6.45, 7) is -4.61. The van der Waals surface area contributed by atoms with Gasteiger partial charge >= 0.3 is 25.5 Å². The Hall–Kier alpha value is -6.18. The number of benzene rings is 2. The van der Waals surface area contributed by atoms with Gasteiger partial charge in [0, 0.05) is 62.2 Å². The summed E-state index contributed by atoms with van der Waals surface area (Å²) in [7, 11) is 0. The molecular weight excluding hydrogens is 926 g/mol. The minimum atomic E-state index is -5.20. The van der Waals surface area contributed by atoms with E-state index in [4.69, 9.17) is 5.41 Å². The number of aliphatic hydroxyl groups excluding tert-OH is 1. The number of hydrazine groups is 1. The Balaban J connectivity index is 2.20. The van der Waals surface area contributed by atoms with E-state index in [-0.39, 0.29) is 11.1 Å². The van der Waals surface area contributed by atoms with E-state index in [1.807, 2.05) is 16.1 Å². The van der Waals surface area contributed by atoms with Gasteiger partial charge in [0.15, 0.2) is 0 Å². The lowest BCUT2D eigenvalue weighted by Crippen LogP contribution is -2.63. The van der Waals surface area contributed by atoms with Crippen molar-refractivity contribution in [2.45, 2.75) is 104 Å². The number of amides is 4. The second-order valence-corrected chi connectivity index (χ2v) is 16.3. The van der Waals surface area contributed by atoms with Gasteiger partial charge in [-0.15, -0.1) is 0 Å². The Bertz CT molecular complexity index is 2240. The van der Waals surface area contributed by atoms with Gasteiger partial charge in [0.25, 0.3) is 5.91 Å². The summed E-state index contributed by atoms with van der Waals surface area (Å²) in [6.07, 6.45) is -9.90. The minimum Gasteiger partial charge on any atom is -0.390 e. The fourth-order valence-corrected chi connectivity index (χ4v) is 6.31. The second-order valence-electron chi connectivity index (χ2n) is 16.3. The van der Waals surface area contributed by atoms with Gasteiger partial charge in [0.2, 0.25) is 17.7 Å². The lowest BCUT2D eigenvalue weighted by molar-refractivity contribution is -0.222. The largest absolute Gasteiger partial charge is 0.396 e. The first-order valence-corrected chi connectivity index (χ1v) is 19.7. The molecule has 14 nitrogen and oxygen atoms in total. The molecule has 0 bridgehead atoms. The van der Waals surface area contributed by atoms with Crippen LogP contribution in [0.15, 0.2) is 55.0 Å². The summed E-state index contributed by atoms with van der Waals surface area (Å²) in [5.41, 5.74) is -5.27. The first kappa shape index (κ1) is 55.1. The van der Waals surface area contributed by atoms with Crippen LogP contribution < -0.4 is 26.7 Å². The van der Waals surface area contributed by atoms with Crippen molar-refractivity contribution in [2.75, 3.05) is 6.54 Å². The van der Waals surface area contributed by atoms with Gasteiger partial charge in [-0.05, 0) is 62.9 Å². The molecule has 3 rings (SSSR count). The van der Waals surface area contributed by atoms with E-state index in [0.717, 1.165) is 26.2 Å². The third-order valence-electron chi connectivity index (χ3n) is 10.5. The molecule has 0 spiro atoms. The molecule has 0 radical (unpaired) electrons. The summed E-state index contributed by atoms with van der Waals surface area (Å²) in [4.78, 5) is 51.7. The Kier molecular flexibility index (Phi) is 18.2. The summed E-state index contributed by atoms with van der Waals surface area (Å²) in [5, 5.41) is 30.8. The van der Waals surface area contributed by atoms with Crippen molar-refractivity contribution in [3.8, 4) is 11.1 Å². The molecule has 0 fully saturated rings. The molecule has 1 unspecified atom stereocenters. The molecule has 370 valence electrons. The van der Waals surface area contributed by atoms with Gasteiger partial charge in [-0.25, -0.2) is 18.5 Å². The summed E-state index contributed by atoms with van der Waals surface area (Å²) < 4.78 is 170. The van der Waals surface area contributed by atoms with Crippen LogP contribution in [0.25, 0.3) is 16.7 Å². The van der Waals surface area contributed by atoms with Crippen LogP contribution in [-0.2, 0) is 32.1 Å². The fourth-order valence-electron chi connectivity index (χ4n) is 6.31. The van der Waals surface area contributed by atoms with Gasteiger partial charge in [0.1, 0.15) is 23.7 Å². The number of rotatable bonds is 21. The molecule has 0 saturated carbocycles. The summed E-state index contributed by atoms with van der Waals surface area (Å²) in [6, 6.07) is -0.0463. The van der Waals surface area contributed by atoms with Crippen LogP contribution in [0, 0.1) is 27.9 Å². The molecule has 0 aliphatic rings. The quantitative estimate of drug-likeness (QED) is 0.0287. The van der Waals surface area contributed by atoms with Crippen LogP contribution >= 0.6 is 0 Å². The van der Waals surface area contributed by atoms with Crippen LogP contribution in [0.4, 0.5) is 52.7 Å². The first-order chi connectivity index (χ1) is 30.8. The van der Waals surface area contributed by atoms with E-state index in [1.54, 1.807) is 0 Å². The third kappa shape index (κ3) is 14.4. The minimum absolute atomic E-state index is 0.179. The van der Waals surface area contributed by atoms with Crippen LogP contribution in [0.1, 0.15) is 64.8 Å². The SMILES string of the molecule is CC(=O)NC(C(=O)N[C@@H](Cc1ccc(-c2cnn(C(F)F)c2)cc1)[C@@H](O)CN(Cc1c(F)cc(/C(C=N)=C/NC(F)F)cc1F)NC(=O)[C@@H](NC(C)=O)C(C)(C)C(F)(F)F)C(C)(C)C(F)(F)F. The van der Waals surface area contributed by atoms with Gasteiger partial charge in [-0.2, -0.15) is 49.0 Å². The van der Waals surface area contributed by atoms with E-state index in [1.165, 1.54) is 29.6 Å². The van der Waals surface area contributed by atoms with Crippen molar-refractivity contribution in [3.05, 3.63) is 83.3 Å². The lowest BCUT2D eigenvalue weighted by Gasteiger charge is -2.38. The average Bonchev–Trinajstić information content (AvgIpc) is 3.70. The fraction of sp³-hybridized carbons (Fsp3) is 0.463. The number of nitrogens with one attached hydrogen (secondary N) is 6. The smallest absolute Gasteiger partial charge is 0.390 e. The zero-order chi connectivity index (χ0) is 51.0. The molecule has 1 aromatic heterocycles. The highest BCUT2D eigenvalue weighted by atomic mass is 19.4. The number of carbonyl (C=O) groups is 4. The molecule has 2 aromatic carbocycles. The van der Waals surface area contributed by atoms with Crippen molar-refractivity contribution in [1.29, 1.82) is 5.41 Å². The molecule has 4 amide bonds. The van der Waals surface area contributed by atoms with Crippen molar-refractivity contribution < 1.29 is 77.0 Å². The molecule has 4 atom stereocenters. The van der Waals surface area contributed by atoms with E-state index in [0.29, 0.717) is 67.5 Å². The van der Waals surface area contributed by atoms with E-state index >= 15 is 8.78 Å². The van der Waals surface area contributed by atoms with Gasteiger partial charge in [0.05, 0.1) is 29.2 Å². The number of aromatic nitrogens is 2. The number of nitrogens with zero attached hydrogens (tertiary/aromatic N) is 3. The van der Waals surface area contributed by atoms with Crippen molar-refractivity contribution >= 4 is 35.4 Å². The molecule has 26 heteroatoms. The van der Waals surface area contributed by atoms with Crippen molar-refractivity contribution in [3.63, 3.8) is 0 Å². The Labute approximate surface area is 375 Å². The monoisotopic (exact) mass is 973 g/mol. The summed E-state index contributed by atoms with van der Waals surface area (Å²) >= 11 is 0. The zero-order valence-electron chi connectivity index (χ0n) is 36.3. The highest BCUT2D eigenvalue weighted by Crippen LogP contribution is 2.42. The maximum Gasteiger partial charge on any atom is 0.396 e. The van der Waals surface area contributed by atoms with Gasteiger partial charge in [-0.1, -0.05) is 24.3 Å². The van der Waals surface area contributed by atoms with Gasteiger partial charge < -0.3 is 31.8 Å². The molecule has 0 aliphatic heterocycles. The zero-order valence-corrected chi connectivity index (χ0v) is 36.3. The van der Waals surface area contributed by atoms with Crippen LogP contribution in [0.3, 0.4) is 0 Å². The lowest BCUT2D eigenvalue weighted by atomic mass is 9.82. The number of halogens is 12. The van der Waals surface area contributed by atoms with E-state index in [2.05, 4.69) is 10.4 Å². The number of alkyl halides is 10. The van der Waals surface area contributed by atoms with Crippen LogP contribution in [0.5, 0.6) is 0 Å². The molecule has 0 saturated heterocycles. The number of hydrogen-bond acceptors (Lipinski definition) is 9. The van der Waals surface area contributed by atoms with Crippen molar-refractivity contribution in [1.82, 2.24) is 41.5 Å². The maximum atomic E-state index is 15.8. The molecule has 3 aromatic rings. The topological polar surface area (TPSA) is 194 Å². The Morgan fingerprint density at radius 1 is 0.806 bits per heavy atom. The third-order valence-corrected chi connectivity index (χ3v) is 10.5. The van der Waals surface area contributed by atoms with Crippen molar-refractivity contribution in [2.24, 2.45) is 10.8 Å². The Morgan fingerprint density at radius 3 is 1.75 bits per heavy atom. The Morgan fingerprint density at radius 2 is 1.31 bits per heavy atom. The number of carbonyl (C=O) groups excluding carboxylic acids is 4.